The average molecular weight is 1440 g/mol. The minimum absolute atomic E-state index is 0. The molecule has 32 heteroatoms. The Bertz CT molecular complexity index is 1750. The molecular formula is C60H138B3Cl6N15O8. The highest BCUT2D eigenvalue weighted by molar-refractivity contribution is 6.46. The summed E-state index contributed by atoms with van der Waals surface area (Å²) in [5, 5.41) is 85.5. The van der Waals surface area contributed by atoms with Gasteiger partial charge in [0.15, 0.2) is 0 Å². The Morgan fingerprint density at radius 2 is 0.804 bits per heavy atom. The van der Waals surface area contributed by atoms with Gasteiger partial charge in [0.25, 0.3) is 0 Å². The molecule has 2 rings (SSSR count). The quantitative estimate of drug-likeness (QED) is 0.0333. The number of nitrogens with zero attached hydrogens (tertiary/aromatic N) is 7. The molecule has 0 bridgehead atoms. The molecule has 552 valence electrons. The zero-order valence-corrected chi connectivity index (χ0v) is 63.8. The summed E-state index contributed by atoms with van der Waals surface area (Å²) in [6, 6.07) is 15.2. The molecule has 0 fully saturated rings. The maximum Gasteiger partial charge on any atom is 0.376 e. The predicted molar refractivity (Wildman–Crippen MR) is 409 cm³/mol. The van der Waals surface area contributed by atoms with Crippen molar-refractivity contribution in [3.63, 3.8) is 0 Å². The molecule has 0 aliphatic heterocycles. The van der Waals surface area contributed by atoms with Crippen LogP contribution >= 0.6 is 74.4 Å². The van der Waals surface area contributed by atoms with E-state index in [1.807, 2.05) is 12.1 Å². The van der Waals surface area contributed by atoms with Crippen molar-refractivity contribution in [3.8, 4) is 11.5 Å². The average Bonchev–Trinajstić information content (AvgIpc) is 1.21. The van der Waals surface area contributed by atoms with Crippen molar-refractivity contribution in [2.75, 3.05) is 183 Å². The molecule has 0 aliphatic carbocycles. The Morgan fingerprint density at radius 1 is 0.435 bits per heavy atom. The Kier molecular flexibility index (Phi) is 88.7. The molecule has 0 spiro atoms. The summed E-state index contributed by atoms with van der Waals surface area (Å²) < 4.78 is 0. The number of hydrogen-bond donors (Lipinski definition) is 16. The SMILES string of the molecule is CB(O)NCCN(CC(CO)NB(C)O)B(C)O.CCN(CC)CCN(CC)CC(CO)N(CC)CC.CCN(CC)CCN(CC)CC(Cc1ccc(O)cc1)N(CC)CC.Cl.Cl.Cl.Cl.Cl.Cl.NCCNCC(N)CO.NCCNCC(N)Cc1ccc(O)cc1. The van der Waals surface area contributed by atoms with Gasteiger partial charge in [0.05, 0.1) is 19.8 Å². The second kappa shape index (κ2) is 74.4. The number of hydrogen-bond acceptors (Lipinski definition) is 23. The van der Waals surface area contributed by atoms with Gasteiger partial charge in [-0.2, -0.15) is 0 Å². The van der Waals surface area contributed by atoms with E-state index in [0.717, 1.165) is 143 Å². The van der Waals surface area contributed by atoms with E-state index in [4.69, 9.17) is 38.2 Å². The van der Waals surface area contributed by atoms with Gasteiger partial charge in [0, 0.05) is 122 Å². The maximum atomic E-state index is 9.62. The van der Waals surface area contributed by atoms with Crippen molar-refractivity contribution >= 4 is 95.6 Å². The van der Waals surface area contributed by atoms with Crippen LogP contribution < -0.4 is 44.0 Å². The number of rotatable bonds is 46. The van der Waals surface area contributed by atoms with Gasteiger partial charge in [-0.1, -0.05) is 93.5 Å². The van der Waals surface area contributed by atoms with Crippen LogP contribution in [0.25, 0.3) is 0 Å². The van der Waals surface area contributed by atoms with Crippen LogP contribution in [0.3, 0.4) is 0 Å². The molecular weight excluding hydrogens is 1300 g/mol. The molecule has 0 saturated heterocycles. The summed E-state index contributed by atoms with van der Waals surface area (Å²) in [6.45, 7) is 50.2. The van der Waals surface area contributed by atoms with Gasteiger partial charge >= 0.3 is 21.2 Å². The van der Waals surface area contributed by atoms with Gasteiger partial charge in [-0.05, 0) is 141 Å². The first-order valence-corrected chi connectivity index (χ1v) is 32.5. The number of aromatic hydroxyl groups is 2. The summed E-state index contributed by atoms with van der Waals surface area (Å²) in [7, 11) is -1.97. The number of aliphatic hydroxyl groups excluding tert-OH is 3. The van der Waals surface area contributed by atoms with Crippen molar-refractivity contribution in [3.05, 3.63) is 59.7 Å². The predicted octanol–water partition coefficient (Wildman–Crippen LogP) is 2.02. The standard InChI is InChI=1S/C21H39N3O.C15H35N3O.C11H19N3O.C8H24B3N3O4.C5H15N3O.6ClH/c1-6-22(7-2)15-16-23(8-3)18-20(24(9-4)10-5)17-19-11-13-21(25)14-12-19;1-6-16(7-2)11-12-17(8-3)13-15(14-19)18(9-4)10-5;12-5-6-14-8-10(13)7-9-1-3-11(15)4-2-9;1-9(16)12-4-5-14(11(3)18)6-8(7-15)13-10(2)17;6-1-2-8-3-5(7)4-9;;;;;;/h11-14,20,25H,6-10,15-18H2,1-5H3;15,19H,6-14H2,1-5H3;1-4,10,14-15H,5-8,12-13H2;8,12-13,15-18H,4-7H2,1-3H3;5,8-9H,1-4,6-7H2;6*1H. The number of likely N-dealkylation sites (N-methyl/N-ethyl adjacent to an activating group) is 6. The summed E-state index contributed by atoms with van der Waals surface area (Å²) in [5.74, 6) is 0.631. The lowest BCUT2D eigenvalue weighted by atomic mass is 9.82. The van der Waals surface area contributed by atoms with Crippen LogP contribution in [-0.2, 0) is 12.8 Å². The summed E-state index contributed by atoms with van der Waals surface area (Å²) in [5.41, 5.74) is 24.3. The summed E-state index contributed by atoms with van der Waals surface area (Å²) in [4.78, 5) is 16.6. The zero-order chi connectivity index (χ0) is 65.7. The molecule has 2 aromatic rings. The first kappa shape index (κ1) is 110. The van der Waals surface area contributed by atoms with Crippen molar-refractivity contribution in [1.82, 2.24) is 55.3 Å². The van der Waals surface area contributed by atoms with Crippen LogP contribution in [0, 0.1) is 0 Å². The van der Waals surface area contributed by atoms with Crippen molar-refractivity contribution in [2.24, 2.45) is 22.9 Å². The van der Waals surface area contributed by atoms with E-state index in [9.17, 15) is 25.4 Å². The highest BCUT2D eigenvalue weighted by Gasteiger charge is 2.23. The lowest BCUT2D eigenvalue weighted by molar-refractivity contribution is 0.0915. The van der Waals surface area contributed by atoms with Crippen molar-refractivity contribution in [1.29, 1.82) is 0 Å². The van der Waals surface area contributed by atoms with Gasteiger partial charge in [-0.25, -0.2) is 0 Å². The van der Waals surface area contributed by atoms with Gasteiger partial charge < -0.3 is 109 Å². The van der Waals surface area contributed by atoms with E-state index >= 15 is 0 Å². The van der Waals surface area contributed by atoms with Crippen molar-refractivity contribution in [2.45, 2.75) is 133 Å². The second-order valence-corrected chi connectivity index (χ2v) is 21.7. The Balaban J connectivity index is -0.000000135. The molecule has 5 unspecified atom stereocenters. The first-order valence-electron chi connectivity index (χ1n) is 32.5. The number of benzene rings is 2. The monoisotopic (exact) mass is 1440 g/mol. The molecule has 0 saturated carbocycles. The molecule has 0 aliphatic rings. The lowest BCUT2D eigenvalue weighted by Crippen LogP contribution is -2.53. The van der Waals surface area contributed by atoms with Gasteiger partial charge in [0.2, 0.25) is 0 Å². The van der Waals surface area contributed by atoms with E-state index in [1.165, 1.54) is 5.56 Å². The second-order valence-electron chi connectivity index (χ2n) is 21.7. The molecule has 0 heterocycles. The molecule has 5 atom stereocenters. The fourth-order valence-electron chi connectivity index (χ4n) is 9.47. The van der Waals surface area contributed by atoms with E-state index in [1.54, 1.807) is 49.5 Å². The molecule has 0 radical (unpaired) electrons. The zero-order valence-electron chi connectivity index (χ0n) is 58.9. The van der Waals surface area contributed by atoms with Crippen molar-refractivity contribution < 1.29 is 40.6 Å². The Hall–Kier alpha value is -0.865. The van der Waals surface area contributed by atoms with Gasteiger partial charge in [-0.15, -0.1) is 74.4 Å². The van der Waals surface area contributed by atoms with E-state index < -0.39 is 21.2 Å². The third kappa shape index (κ3) is 60.3. The highest BCUT2D eigenvalue weighted by atomic mass is 35.5. The van der Waals surface area contributed by atoms with Crippen LogP contribution in [0.15, 0.2) is 48.5 Å². The summed E-state index contributed by atoms with van der Waals surface area (Å²) >= 11 is 0. The van der Waals surface area contributed by atoms with E-state index in [0.29, 0.717) is 51.1 Å². The maximum absolute atomic E-state index is 9.62. The fraction of sp³-hybridized carbons (Fsp3) is 0.800. The van der Waals surface area contributed by atoms with E-state index in [-0.39, 0.29) is 124 Å². The third-order valence-corrected chi connectivity index (χ3v) is 15.0. The smallest absolute Gasteiger partial charge is 0.376 e. The molecule has 20 N–H and O–H groups in total. The van der Waals surface area contributed by atoms with Crippen LogP contribution in [-0.4, -0.2) is 310 Å². The number of phenols is 2. The summed E-state index contributed by atoms with van der Waals surface area (Å²) in [6.07, 6.45) is 1.83. The number of aliphatic hydroxyl groups is 3. The topological polar surface area (TPSA) is 337 Å². The molecule has 2 aromatic carbocycles. The van der Waals surface area contributed by atoms with Crippen LogP contribution in [0.1, 0.15) is 80.4 Å². The van der Waals surface area contributed by atoms with Crippen LogP contribution in [0.4, 0.5) is 0 Å². The minimum Gasteiger partial charge on any atom is -0.508 e. The molecule has 0 amide bonds. The largest absolute Gasteiger partial charge is 0.508 e. The number of phenolic OH excluding ortho intramolecular Hbond substituents is 2. The number of nitrogens with two attached hydrogens (primary N) is 4. The Labute approximate surface area is 598 Å². The molecule has 23 nitrogen and oxygen atoms in total. The molecule has 92 heavy (non-hydrogen) atoms. The normalized spacial score (nSPS) is 12.3. The van der Waals surface area contributed by atoms with Gasteiger partial charge in [-0.3, -0.25) is 9.80 Å². The highest BCUT2D eigenvalue weighted by Crippen LogP contribution is 2.16. The van der Waals surface area contributed by atoms with E-state index in [2.05, 4.69) is 132 Å². The third-order valence-electron chi connectivity index (χ3n) is 15.0. The number of nitrogens with one attached hydrogen (secondary N) is 4. The van der Waals surface area contributed by atoms with Gasteiger partial charge in [0.1, 0.15) is 11.5 Å². The molecule has 0 aromatic heterocycles. The Morgan fingerprint density at radius 3 is 1.13 bits per heavy atom. The minimum atomic E-state index is -0.714. The number of halogens is 6. The fourth-order valence-corrected chi connectivity index (χ4v) is 9.47. The van der Waals surface area contributed by atoms with Crippen LogP contribution in [0.5, 0.6) is 11.5 Å². The van der Waals surface area contributed by atoms with Crippen LogP contribution in [0.2, 0.25) is 20.5 Å². The lowest BCUT2D eigenvalue weighted by Gasteiger charge is -2.35. The first-order chi connectivity index (χ1) is 41.1.